The highest BCUT2D eigenvalue weighted by Gasteiger charge is 2.21. The Morgan fingerprint density at radius 2 is 1.50 bits per heavy atom. The van der Waals surface area contributed by atoms with Crippen LogP contribution in [-0.2, 0) is 4.79 Å². The van der Waals surface area contributed by atoms with Gasteiger partial charge in [0.1, 0.15) is 5.78 Å². The Labute approximate surface area is 133 Å². The molecule has 0 bridgehead atoms. The molecule has 0 aliphatic rings. The quantitative estimate of drug-likeness (QED) is 0.786. The lowest BCUT2D eigenvalue weighted by atomic mass is 9.83. The van der Waals surface area contributed by atoms with Gasteiger partial charge in [-0.25, -0.2) is 0 Å². The molecule has 2 aromatic carbocycles. The third-order valence-corrected chi connectivity index (χ3v) is 4.29. The minimum absolute atomic E-state index is 0.122. The fourth-order valence-electron chi connectivity index (χ4n) is 2.87. The van der Waals surface area contributed by atoms with Crippen LogP contribution in [0.25, 0.3) is 0 Å². The maximum atomic E-state index is 11.8. The summed E-state index contributed by atoms with van der Waals surface area (Å²) in [5.74, 6) is 0.346. The largest absolute Gasteiger partial charge is 0.303 e. The van der Waals surface area contributed by atoms with Gasteiger partial charge in [-0.1, -0.05) is 54.6 Å². The molecule has 0 N–H and O–H groups in total. The van der Waals surface area contributed by atoms with Crippen molar-refractivity contribution in [1.29, 1.82) is 0 Å². The van der Waals surface area contributed by atoms with Crippen molar-refractivity contribution in [1.82, 2.24) is 4.90 Å². The van der Waals surface area contributed by atoms with E-state index in [1.165, 1.54) is 16.7 Å². The van der Waals surface area contributed by atoms with Gasteiger partial charge in [0.15, 0.2) is 0 Å². The molecule has 0 amide bonds. The van der Waals surface area contributed by atoms with Crippen LogP contribution in [0.3, 0.4) is 0 Å². The van der Waals surface area contributed by atoms with Crippen LogP contribution in [0.1, 0.15) is 48.9 Å². The predicted molar refractivity (Wildman–Crippen MR) is 92.1 cm³/mol. The predicted octanol–water partition coefficient (Wildman–Crippen LogP) is 4.42. The zero-order valence-corrected chi connectivity index (χ0v) is 13.9. The first-order valence-corrected chi connectivity index (χ1v) is 7.80. The van der Waals surface area contributed by atoms with Gasteiger partial charge in [0.2, 0.25) is 0 Å². The van der Waals surface area contributed by atoms with Crippen LogP contribution in [0, 0.1) is 0 Å². The SMILES string of the molecule is CC(=O)C[C@@H](c1ccccc1)c1ccccc1[C@@H](C)N(C)C. The van der Waals surface area contributed by atoms with E-state index in [1.54, 1.807) is 6.92 Å². The van der Waals surface area contributed by atoms with Crippen LogP contribution >= 0.6 is 0 Å². The van der Waals surface area contributed by atoms with E-state index >= 15 is 0 Å². The fraction of sp³-hybridized carbons (Fsp3) is 0.350. The fourth-order valence-corrected chi connectivity index (χ4v) is 2.87. The number of carbonyl (C=O) groups excluding carboxylic acids is 1. The Morgan fingerprint density at radius 3 is 2.05 bits per heavy atom. The first-order chi connectivity index (χ1) is 10.5. The van der Waals surface area contributed by atoms with Crippen molar-refractivity contribution in [3.63, 3.8) is 0 Å². The molecule has 0 aromatic heterocycles. The van der Waals surface area contributed by atoms with Crippen molar-refractivity contribution in [2.75, 3.05) is 14.1 Å². The summed E-state index contributed by atoms with van der Waals surface area (Å²) >= 11 is 0. The van der Waals surface area contributed by atoms with Crippen LogP contribution in [0.4, 0.5) is 0 Å². The number of nitrogens with zero attached hydrogens (tertiary/aromatic N) is 1. The van der Waals surface area contributed by atoms with E-state index in [4.69, 9.17) is 0 Å². The lowest BCUT2D eigenvalue weighted by Gasteiger charge is -2.27. The molecule has 116 valence electrons. The number of ketones is 1. The van der Waals surface area contributed by atoms with Crippen molar-refractivity contribution in [3.8, 4) is 0 Å². The number of hydrogen-bond acceptors (Lipinski definition) is 2. The number of benzene rings is 2. The first-order valence-electron chi connectivity index (χ1n) is 7.80. The number of Topliss-reactive ketones (excluding diaryl/α,β-unsaturated/α-hetero) is 1. The van der Waals surface area contributed by atoms with E-state index in [1.807, 2.05) is 18.2 Å². The molecule has 2 rings (SSSR count). The summed E-state index contributed by atoms with van der Waals surface area (Å²) in [6, 6.07) is 19.1. The highest BCUT2D eigenvalue weighted by atomic mass is 16.1. The van der Waals surface area contributed by atoms with Crippen LogP contribution < -0.4 is 0 Å². The van der Waals surface area contributed by atoms with E-state index in [0.29, 0.717) is 12.5 Å². The Hall–Kier alpha value is -1.93. The maximum Gasteiger partial charge on any atom is 0.130 e. The maximum absolute atomic E-state index is 11.8. The number of hydrogen-bond donors (Lipinski definition) is 0. The molecule has 2 atom stereocenters. The molecule has 0 fully saturated rings. The molecule has 0 spiro atoms. The standard InChI is InChI=1S/C20H25NO/c1-15(22)14-20(17-10-6-5-7-11-17)19-13-9-8-12-18(19)16(2)21(3)4/h5-13,16,20H,14H2,1-4H3/t16-,20+/m1/s1. The van der Waals surface area contributed by atoms with Gasteiger partial charge in [0.25, 0.3) is 0 Å². The second-order valence-corrected chi connectivity index (χ2v) is 6.14. The molecule has 2 aromatic rings. The smallest absolute Gasteiger partial charge is 0.130 e. The molecular formula is C20H25NO. The summed E-state index contributed by atoms with van der Waals surface area (Å²) in [5.41, 5.74) is 3.75. The summed E-state index contributed by atoms with van der Waals surface area (Å²) in [5, 5.41) is 0. The third-order valence-electron chi connectivity index (χ3n) is 4.29. The molecule has 0 radical (unpaired) electrons. The zero-order valence-electron chi connectivity index (χ0n) is 13.9. The monoisotopic (exact) mass is 295 g/mol. The molecule has 0 heterocycles. The average molecular weight is 295 g/mol. The summed E-state index contributed by atoms with van der Waals surface area (Å²) in [6.07, 6.45) is 0.543. The van der Waals surface area contributed by atoms with Crippen LogP contribution in [-0.4, -0.2) is 24.8 Å². The molecular weight excluding hydrogens is 270 g/mol. The second kappa shape index (κ2) is 7.37. The summed E-state index contributed by atoms with van der Waals surface area (Å²) < 4.78 is 0. The van der Waals surface area contributed by atoms with E-state index in [2.05, 4.69) is 62.3 Å². The van der Waals surface area contributed by atoms with E-state index in [-0.39, 0.29) is 11.7 Å². The average Bonchev–Trinajstić information content (AvgIpc) is 2.52. The molecule has 2 heteroatoms. The van der Waals surface area contributed by atoms with Gasteiger partial charge >= 0.3 is 0 Å². The summed E-state index contributed by atoms with van der Waals surface area (Å²) in [7, 11) is 4.17. The second-order valence-electron chi connectivity index (χ2n) is 6.14. The van der Waals surface area contributed by atoms with Crippen molar-refractivity contribution in [3.05, 3.63) is 71.3 Å². The number of rotatable bonds is 6. The van der Waals surface area contributed by atoms with E-state index < -0.39 is 0 Å². The highest BCUT2D eigenvalue weighted by molar-refractivity contribution is 5.77. The minimum atomic E-state index is 0.122. The highest BCUT2D eigenvalue weighted by Crippen LogP contribution is 2.34. The van der Waals surface area contributed by atoms with Crippen LogP contribution in [0.2, 0.25) is 0 Å². The Morgan fingerprint density at radius 1 is 0.955 bits per heavy atom. The summed E-state index contributed by atoms with van der Waals surface area (Å²) in [4.78, 5) is 14.0. The zero-order chi connectivity index (χ0) is 16.1. The third kappa shape index (κ3) is 3.83. The van der Waals surface area contributed by atoms with Gasteiger partial charge in [-0.05, 0) is 44.6 Å². The molecule has 0 saturated heterocycles. The van der Waals surface area contributed by atoms with Gasteiger partial charge < -0.3 is 4.90 Å². The molecule has 2 nitrogen and oxygen atoms in total. The van der Waals surface area contributed by atoms with Gasteiger partial charge in [0.05, 0.1) is 0 Å². The van der Waals surface area contributed by atoms with Crippen molar-refractivity contribution in [2.24, 2.45) is 0 Å². The molecule has 0 aliphatic carbocycles. The Balaban J connectivity index is 2.51. The summed E-state index contributed by atoms with van der Waals surface area (Å²) in [6.45, 7) is 3.88. The lowest BCUT2D eigenvalue weighted by Crippen LogP contribution is -2.19. The Kier molecular flexibility index (Phi) is 5.51. The van der Waals surface area contributed by atoms with Crippen molar-refractivity contribution >= 4 is 5.78 Å². The molecule has 0 aliphatic heterocycles. The van der Waals surface area contributed by atoms with Crippen molar-refractivity contribution < 1.29 is 4.79 Å². The molecule has 0 unspecified atom stereocenters. The topological polar surface area (TPSA) is 20.3 Å². The Bertz CT molecular complexity index is 619. The minimum Gasteiger partial charge on any atom is -0.303 e. The van der Waals surface area contributed by atoms with Crippen LogP contribution in [0.5, 0.6) is 0 Å². The van der Waals surface area contributed by atoms with Gasteiger partial charge in [-0.3, -0.25) is 4.79 Å². The normalized spacial score (nSPS) is 13.9. The van der Waals surface area contributed by atoms with Gasteiger partial charge in [-0.2, -0.15) is 0 Å². The van der Waals surface area contributed by atoms with E-state index in [0.717, 1.165) is 0 Å². The van der Waals surface area contributed by atoms with Crippen molar-refractivity contribution in [2.45, 2.75) is 32.2 Å². The lowest BCUT2D eigenvalue weighted by molar-refractivity contribution is -0.117. The van der Waals surface area contributed by atoms with Crippen LogP contribution in [0.15, 0.2) is 54.6 Å². The van der Waals surface area contributed by atoms with Gasteiger partial charge in [0, 0.05) is 18.4 Å². The first kappa shape index (κ1) is 16.4. The number of carbonyl (C=O) groups is 1. The molecule has 22 heavy (non-hydrogen) atoms. The van der Waals surface area contributed by atoms with Gasteiger partial charge in [-0.15, -0.1) is 0 Å². The van der Waals surface area contributed by atoms with E-state index in [9.17, 15) is 4.79 Å². The molecule has 0 saturated carbocycles.